The molecule has 6 heteroatoms. The van der Waals surface area contributed by atoms with Crippen LogP contribution in [-0.2, 0) is 6.42 Å². The minimum Gasteiger partial charge on any atom is -0.419 e. The molecule has 0 aromatic carbocycles. The first-order chi connectivity index (χ1) is 9.29. The second-order valence-electron chi connectivity index (χ2n) is 4.22. The third kappa shape index (κ3) is 4.10. The first-order valence-corrected chi connectivity index (χ1v) is 6.44. The molecule has 0 bridgehead atoms. The van der Waals surface area contributed by atoms with E-state index in [0.29, 0.717) is 17.5 Å². The van der Waals surface area contributed by atoms with Crippen LogP contribution in [0.3, 0.4) is 0 Å². The van der Waals surface area contributed by atoms with Gasteiger partial charge in [0.25, 0.3) is 5.89 Å². The standard InChI is InChI=1S/C13H17FN4O/c1-2-7-15-8-3-4-12-17-18-13(19-12)11-6-5-10(14)9-16-11/h5-6,9,15H,2-4,7-8H2,1H3. The van der Waals surface area contributed by atoms with Crippen molar-refractivity contribution >= 4 is 0 Å². The zero-order valence-corrected chi connectivity index (χ0v) is 10.9. The SMILES string of the molecule is CCCNCCCc1nnc(-c2ccc(F)cn2)o1. The van der Waals surface area contributed by atoms with E-state index in [1.54, 1.807) is 0 Å². The van der Waals surface area contributed by atoms with Gasteiger partial charge >= 0.3 is 0 Å². The van der Waals surface area contributed by atoms with Gasteiger partial charge in [0.2, 0.25) is 5.89 Å². The van der Waals surface area contributed by atoms with Crippen LogP contribution in [0.15, 0.2) is 22.7 Å². The first-order valence-electron chi connectivity index (χ1n) is 6.44. The van der Waals surface area contributed by atoms with Gasteiger partial charge in [-0.15, -0.1) is 10.2 Å². The Kier molecular flexibility index (Phi) is 4.97. The van der Waals surface area contributed by atoms with Crippen LogP contribution in [0.5, 0.6) is 0 Å². The summed E-state index contributed by atoms with van der Waals surface area (Å²) in [6.45, 7) is 4.09. The normalized spacial score (nSPS) is 10.8. The van der Waals surface area contributed by atoms with Crippen molar-refractivity contribution in [2.24, 2.45) is 0 Å². The highest BCUT2D eigenvalue weighted by atomic mass is 19.1. The number of nitrogens with one attached hydrogen (secondary N) is 1. The lowest BCUT2D eigenvalue weighted by atomic mass is 10.3. The number of halogens is 1. The average Bonchev–Trinajstić information content (AvgIpc) is 2.88. The lowest BCUT2D eigenvalue weighted by Gasteiger charge is -1.99. The Labute approximate surface area is 111 Å². The fourth-order valence-corrected chi connectivity index (χ4v) is 1.63. The highest BCUT2D eigenvalue weighted by molar-refractivity contribution is 5.45. The van der Waals surface area contributed by atoms with E-state index in [9.17, 15) is 4.39 Å². The van der Waals surface area contributed by atoms with Crippen LogP contribution >= 0.6 is 0 Å². The van der Waals surface area contributed by atoms with E-state index >= 15 is 0 Å². The van der Waals surface area contributed by atoms with Gasteiger partial charge in [0.1, 0.15) is 11.5 Å². The molecule has 0 atom stereocenters. The molecule has 0 fully saturated rings. The largest absolute Gasteiger partial charge is 0.419 e. The zero-order valence-electron chi connectivity index (χ0n) is 10.9. The predicted molar refractivity (Wildman–Crippen MR) is 69.0 cm³/mol. The van der Waals surface area contributed by atoms with E-state index < -0.39 is 0 Å². The highest BCUT2D eigenvalue weighted by Crippen LogP contribution is 2.15. The Morgan fingerprint density at radius 1 is 1.26 bits per heavy atom. The van der Waals surface area contributed by atoms with E-state index in [1.165, 1.54) is 12.1 Å². The first kappa shape index (κ1) is 13.6. The molecule has 0 aliphatic heterocycles. The minimum absolute atomic E-state index is 0.330. The Balaban J connectivity index is 1.86. The number of aryl methyl sites for hydroxylation is 1. The smallest absolute Gasteiger partial charge is 0.266 e. The molecule has 0 aliphatic carbocycles. The molecule has 0 saturated heterocycles. The van der Waals surface area contributed by atoms with Gasteiger partial charge in [-0.2, -0.15) is 0 Å². The summed E-state index contributed by atoms with van der Waals surface area (Å²) >= 11 is 0. The maximum Gasteiger partial charge on any atom is 0.266 e. The third-order valence-electron chi connectivity index (χ3n) is 2.58. The summed E-state index contributed by atoms with van der Waals surface area (Å²) in [5.74, 6) is 0.529. The molecule has 2 rings (SSSR count). The monoisotopic (exact) mass is 264 g/mol. The van der Waals surface area contributed by atoms with Crippen molar-refractivity contribution in [3.8, 4) is 11.6 Å². The van der Waals surface area contributed by atoms with Crippen molar-refractivity contribution in [3.63, 3.8) is 0 Å². The molecular formula is C13H17FN4O. The van der Waals surface area contributed by atoms with E-state index in [-0.39, 0.29) is 5.82 Å². The van der Waals surface area contributed by atoms with Crippen molar-refractivity contribution in [1.29, 1.82) is 0 Å². The van der Waals surface area contributed by atoms with Crippen LogP contribution in [0, 0.1) is 5.82 Å². The van der Waals surface area contributed by atoms with Gasteiger partial charge in [-0.3, -0.25) is 0 Å². The molecule has 2 aromatic heterocycles. The summed E-state index contributed by atoms with van der Waals surface area (Å²) in [6, 6.07) is 2.84. The number of hydrogen-bond donors (Lipinski definition) is 1. The lowest BCUT2D eigenvalue weighted by molar-refractivity contribution is 0.489. The molecule has 2 aromatic rings. The van der Waals surface area contributed by atoms with E-state index in [4.69, 9.17) is 4.42 Å². The van der Waals surface area contributed by atoms with Crippen molar-refractivity contribution in [2.75, 3.05) is 13.1 Å². The Hall–Kier alpha value is -1.82. The van der Waals surface area contributed by atoms with Crippen LogP contribution in [0.4, 0.5) is 4.39 Å². The molecular weight excluding hydrogens is 247 g/mol. The quantitative estimate of drug-likeness (QED) is 0.777. The van der Waals surface area contributed by atoms with Gasteiger partial charge in [0.15, 0.2) is 0 Å². The molecule has 2 heterocycles. The van der Waals surface area contributed by atoms with Crippen molar-refractivity contribution < 1.29 is 8.81 Å². The second kappa shape index (κ2) is 6.94. The van der Waals surface area contributed by atoms with Gasteiger partial charge in [0, 0.05) is 6.42 Å². The summed E-state index contributed by atoms with van der Waals surface area (Å²) < 4.78 is 18.2. The molecule has 0 amide bonds. The van der Waals surface area contributed by atoms with Crippen LogP contribution in [0.1, 0.15) is 25.7 Å². The van der Waals surface area contributed by atoms with Gasteiger partial charge in [-0.1, -0.05) is 6.92 Å². The van der Waals surface area contributed by atoms with Crippen LogP contribution in [0.2, 0.25) is 0 Å². The summed E-state index contributed by atoms with van der Waals surface area (Å²) in [4.78, 5) is 3.90. The van der Waals surface area contributed by atoms with E-state index in [0.717, 1.165) is 38.5 Å². The fraction of sp³-hybridized carbons (Fsp3) is 0.462. The van der Waals surface area contributed by atoms with Crippen LogP contribution in [-0.4, -0.2) is 28.3 Å². The summed E-state index contributed by atoms with van der Waals surface area (Å²) in [5, 5.41) is 11.2. The number of nitrogens with zero attached hydrogens (tertiary/aromatic N) is 3. The van der Waals surface area contributed by atoms with Gasteiger partial charge < -0.3 is 9.73 Å². The summed E-state index contributed by atoms with van der Waals surface area (Å²) in [6.07, 6.45) is 3.93. The molecule has 5 nitrogen and oxygen atoms in total. The Morgan fingerprint density at radius 2 is 2.16 bits per heavy atom. The highest BCUT2D eigenvalue weighted by Gasteiger charge is 2.09. The zero-order chi connectivity index (χ0) is 13.5. The molecule has 0 radical (unpaired) electrons. The number of pyridine rings is 1. The molecule has 102 valence electrons. The van der Waals surface area contributed by atoms with Gasteiger partial charge in [-0.25, -0.2) is 9.37 Å². The third-order valence-corrected chi connectivity index (χ3v) is 2.58. The fourth-order valence-electron chi connectivity index (χ4n) is 1.63. The summed E-state index contributed by atoms with van der Waals surface area (Å²) in [7, 11) is 0. The predicted octanol–water partition coefficient (Wildman–Crippen LogP) is 2.20. The molecule has 1 N–H and O–H groups in total. The Bertz CT molecular complexity index is 498. The lowest BCUT2D eigenvalue weighted by Crippen LogP contribution is -2.16. The number of rotatable bonds is 7. The van der Waals surface area contributed by atoms with Crippen molar-refractivity contribution in [3.05, 3.63) is 30.0 Å². The molecule has 0 spiro atoms. The maximum atomic E-state index is 12.7. The second-order valence-corrected chi connectivity index (χ2v) is 4.22. The van der Waals surface area contributed by atoms with Gasteiger partial charge in [0.05, 0.1) is 6.20 Å². The summed E-state index contributed by atoms with van der Waals surface area (Å²) in [5.41, 5.74) is 0.490. The van der Waals surface area contributed by atoms with Crippen molar-refractivity contribution in [1.82, 2.24) is 20.5 Å². The topological polar surface area (TPSA) is 63.8 Å². The minimum atomic E-state index is -0.384. The molecule has 0 aliphatic rings. The van der Waals surface area contributed by atoms with Crippen LogP contribution < -0.4 is 5.32 Å². The van der Waals surface area contributed by atoms with Gasteiger partial charge in [-0.05, 0) is 38.1 Å². The maximum absolute atomic E-state index is 12.7. The average molecular weight is 264 g/mol. The van der Waals surface area contributed by atoms with Crippen LogP contribution in [0.25, 0.3) is 11.6 Å². The Morgan fingerprint density at radius 3 is 2.89 bits per heavy atom. The number of hydrogen-bond acceptors (Lipinski definition) is 5. The molecule has 0 saturated carbocycles. The number of aromatic nitrogens is 3. The molecule has 19 heavy (non-hydrogen) atoms. The van der Waals surface area contributed by atoms with E-state index in [1.807, 2.05) is 0 Å². The van der Waals surface area contributed by atoms with E-state index in [2.05, 4.69) is 27.4 Å². The van der Waals surface area contributed by atoms with Crippen molar-refractivity contribution in [2.45, 2.75) is 26.2 Å². The molecule has 0 unspecified atom stereocenters.